The van der Waals surface area contributed by atoms with Gasteiger partial charge in [0.2, 0.25) is 0 Å². The van der Waals surface area contributed by atoms with Crippen molar-refractivity contribution >= 4 is 28.2 Å². The number of nitrogens with one attached hydrogen (secondary N) is 1. The van der Waals surface area contributed by atoms with Gasteiger partial charge in [0.15, 0.2) is 0 Å². The average molecular weight is 251 g/mol. The normalized spacial score (nSPS) is 12.6. The van der Waals surface area contributed by atoms with Crippen LogP contribution in [0.5, 0.6) is 0 Å². The first-order chi connectivity index (χ1) is 8.20. The molecule has 0 saturated heterocycles. The fourth-order valence-electron chi connectivity index (χ4n) is 1.67. The van der Waals surface area contributed by atoms with Gasteiger partial charge >= 0.3 is 0 Å². The van der Waals surface area contributed by atoms with Gasteiger partial charge in [-0.3, -0.25) is 4.98 Å². The van der Waals surface area contributed by atoms with E-state index in [1.54, 1.807) is 0 Å². The maximum atomic E-state index is 9.43. The molecular weight excluding hydrogens is 236 g/mol. The molecule has 0 bridgehead atoms. The largest absolute Gasteiger partial charge is 0.390 e. The third-order valence-corrected chi connectivity index (χ3v) is 2.92. The zero-order valence-corrected chi connectivity index (χ0v) is 10.4. The first kappa shape index (κ1) is 12.1. The number of aromatic nitrogens is 1. The first-order valence-electron chi connectivity index (χ1n) is 5.55. The summed E-state index contributed by atoms with van der Waals surface area (Å²) in [5, 5.41) is 13.7. The van der Waals surface area contributed by atoms with Gasteiger partial charge in [-0.1, -0.05) is 18.2 Å². The molecule has 0 radical (unpaired) electrons. The number of anilines is 1. The van der Waals surface area contributed by atoms with Gasteiger partial charge in [0.25, 0.3) is 0 Å². The SMILES string of the molecule is Cc1ccc2cccc(NCC(O)CCl)c2n1. The smallest absolute Gasteiger partial charge is 0.0936 e. The van der Waals surface area contributed by atoms with Crippen molar-refractivity contribution in [3.63, 3.8) is 0 Å². The second-order valence-electron chi connectivity index (χ2n) is 4.02. The second-order valence-corrected chi connectivity index (χ2v) is 4.33. The summed E-state index contributed by atoms with van der Waals surface area (Å²) in [5.74, 6) is 0.226. The molecule has 0 aliphatic heterocycles. The second kappa shape index (κ2) is 5.34. The number of benzene rings is 1. The van der Waals surface area contributed by atoms with E-state index in [0.717, 1.165) is 22.3 Å². The Hall–Kier alpha value is -1.32. The van der Waals surface area contributed by atoms with Crippen LogP contribution in [0.15, 0.2) is 30.3 Å². The summed E-state index contributed by atoms with van der Waals surface area (Å²) in [6, 6.07) is 9.97. The van der Waals surface area contributed by atoms with Crippen molar-refractivity contribution in [2.24, 2.45) is 0 Å². The number of halogens is 1. The topological polar surface area (TPSA) is 45.1 Å². The Morgan fingerprint density at radius 1 is 1.35 bits per heavy atom. The molecule has 17 heavy (non-hydrogen) atoms. The number of hydrogen-bond acceptors (Lipinski definition) is 3. The summed E-state index contributed by atoms with van der Waals surface area (Å²) < 4.78 is 0. The minimum absolute atomic E-state index is 0.226. The zero-order chi connectivity index (χ0) is 12.3. The van der Waals surface area contributed by atoms with E-state index in [0.29, 0.717) is 6.54 Å². The minimum atomic E-state index is -0.545. The van der Waals surface area contributed by atoms with E-state index in [9.17, 15) is 5.11 Å². The molecule has 0 aliphatic rings. The van der Waals surface area contributed by atoms with Crippen molar-refractivity contribution in [2.75, 3.05) is 17.7 Å². The van der Waals surface area contributed by atoms with Crippen molar-refractivity contribution in [1.29, 1.82) is 0 Å². The van der Waals surface area contributed by atoms with E-state index in [1.807, 2.05) is 37.3 Å². The fraction of sp³-hybridized carbons (Fsp3) is 0.308. The minimum Gasteiger partial charge on any atom is -0.390 e. The van der Waals surface area contributed by atoms with Crippen LogP contribution in [0.1, 0.15) is 5.69 Å². The summed E-state index contributed by atoms with van der Waals surface area (Å²) in [5.41, 5.74) is 2.83. The predicted molar refractivity (Wildman–Crippen MR) is 71.7 cm³/mol. The molecule has 2 aromatic rings. The van der Waals surface area contributed by atoms with Gasteiger partial charge < -0.3 is 10.4 Å². The zero-order valence-electron chi connectivity index (χ0n) is 9.65. The Labute approximate surface area is 105 Å². The van der Waals surface area contributed by atoms with Crippen LogP contribution in [0.25, 0.3) is 10.9 Å². The fourth-order valence-corrected chi connectivity index (χ4v) is 1.78. The van der Waals surface area contributed by atoms with E-state index in [2.05, 4.69) is 10.3 Å². The summed E-state index contributed by atoms with van der Waals surface area (Å²) in [6.07, 6.45) is -0.545. The van der Waals surface area contributed by atoms with Crippen LogP contribution in [0.3, 0.4) is 0 Å². The van der Waals surface area contributed by atoms with E-state index in [1.165, 1.54) is 0 Å². The molecule has 0 aliphatic carbocycles. The van der Waals surface area contributed by atoms with Gasteiger partial charge in [-0.25, -0.2) is 0 Å². The molecular formula is C13H15ClN2O. The number of rotatable bonds is 4. The van der Waals surface area contributed by atoms with Gasteiger partial charge in [0.1, 0.15) is 0 Å². The lowest BCUT2D eigenvalue weighted by Crippen LogP contribution is -2.20. The van der Waals surface area contributed by atoms with Crippen LogP contribution < -0.4 is 5.32 Å². The van der Waals surface area contributed by atoms with E-state index in [-0.39, 0.29) is 5.88 Å². The summed E-state index contributed by atoms with van der Waals surface area (Å²) >= 11 is 5.56. The molecule has 0 amide bonds. The van der Waals surface area contributed by atoms with Crippen molar-refractivity contribution in [3.8, 4) is 0 Å². The summed E-state index contributed by atoms with van der Waals surface area (Å²) in [7, 11) is 0. The van der Waals surface area contributed by atoms with Crippen molar-refractivity contribution < 1.29 is 5.11 Å². The molecule has 1 aromatic carbocycles. The molecule has 0 saturated carbocycles. The molecule has 1 unspecified atom stereocenters. The highest BCUT2D eigenvalue weighted by atomic mass is 35.5. The Morgan fingerprint density at radius 3 is 2.94 bits per heavy atom. The standard InChI is InChI=1S/C13H15ClN2O/c1-9-5-6-10-3-2-4-12(13(10)16-9)15-8-11(17)7-14/h2-6,11,15,17H,7-8H2,1H3. The van der Waals surface area contributed by atoms with Crippen molar-refractivity contribution in [2.45, 2.75) is 13.0 Å². The highest BCUT2D eigenvalue weighted by Gasteiger charge is 2.05. The predicted octanol–water partition coefficient (Wildman–Crippen LogP) is 2.55. The van der Waals surface area contributed by atoms with Gasteiger partial charge in [-0.15, -0.1) is 11.6 Å². The number of fused-ring (bicyclic) bond motifs is 1. The third kappa shape index (κ3) is 2.87. The number of aryl methyl sites for hydroxylation is 1. The molecule has 3 nitrogen and oxygen atoms in total. The van der Waals surface area contributed by atoms with Crippen LogP contribution in [-0.4, -0.2) is 28.6 Å². The lowest BCUT2D eigenvalue weighted by atomic mass is 10.1. The molecule has 0 fully saturated rings. The number of alkyl halides is 1. The van der Waals surface area contributed by atoms with Crippen molar-refractivity contribution in [1.82, 2.24) is 4.98 Å². The Bertz CT molecular complexity index is 516. The number of para-hydroxylation sites is 1. The summed E-state index contributed by atoms with van der Waals surface area (Å²) in [6.45, 7) is 2.39. The van der Waals surface area contributed by atoms with E-state index in [4.69, 9.17) is 11.6 Å². The quantitative estimate of drug-likeness (QED) is 0.820. The number of aliphatic hydroxyl groups is 1. The van der Waals surface area contributed by atoms with Crippen LogP contribution in [-0.2, 0) is 0 Å². The first-order valence-corrected chi connectivity index (χ1v) is 6.08. The van der Waals surface area contributed by atoms with Crippen LogP contribution >= 0.6 is 11.6 Å². The highest BCUT2D eigenvalue weighted by Crippen LogP contribution is 2.21. The van der Waals surface area contributed by atoms with Crippen LogP contribution in [0.4, 0.5) is 5.69 Å². The molecule has 4 heteroatoms. The monoisotopic (exact) mass is 250 g/mol. The molecule has 1 atom stereocenters. The van der Waals surface area contributed by atoms with E-state index < -0.39 is 6.10 Å². The van der Waals surface area contributed by atoms with Gasteiger partial charge in [-0.05, 0) is 19.1 Å². The molecule has 2 rings (SSSR count). The Morgan fingerprint density at radius 2 is 2.18 bits per heavy atom. The Balaban J connectivity index is 2.30. The number of aliphatic hydroxyl groups excluding tert-OH is 1. The highest BCUT2D eigenvalue weighted by molar-refractivity contribution is 6.18. The molecule has 1 aromatic heterocycles. The van der Waals surface area contributed by atoms with Crippen LogP contribution in [0, 0.1) is 6.92 Å². The maximum Gasteiger partial charge on any atom is 0.0936 e. The molecule has 2 N–H and O–H groups in total. The number of hydrogen-bond donors (Lipinski definition) is 2. The van der Waals surface area contributed by atoms with Crippen molar-refractivity contribution in [3.05, 3.63) is 36.0 Å². The average Bonchev–Trinajstić information content (AvgIpc) is 2.35. The molecule has 90 valence electrons. The number of nitrogens with zero attached hydrogens (tertiary/aromatic N) is 1. The lowest BCUT2D eigenvalue weighted by Gasteiger charge is -2.12. The molecule has 1 heterocycles. The van der Waals surface area contributed by atoms with Gasteiger partial charge in [0.05, 0.1) is 23.2 Å². The van der Waals surface area contributed by atoms with E-state index >= 15 is 0 Å². The number of pyridine rings is 1. The van der Waals surface area contributed by atoms with Crippen LogP contribution in [0.2, 0.25) is 0 Å². The third-order valence-electron chi connectivity index (χ3n) is 2.57. The lowest BCUT2D eigenvalue weighted by molar-refractivity contribution is 0.211. The summed E-state index contributed by atoms with van der Waals surface area (Å²) in [4.78, 5) is 4.50. The maximum absolute atomic E-state index is 9.43. The Kier molecular flexibility index (Phi) is 3.82. The molecule has 0 spiro atoms. The van der Waals surface area contributed by atoms with Gasteiger partial charge in [-0.2, -0.15) is 0 Å². The van der Waals surface area contributed by atoms with Gasteiger partial charge in [0, 0.05) is 17.6 Å².